The third-order valence-corrected chi connectivity index (χ3v) is 2.98. The van der Waals surface area contributed by atoms with Crippen LogP contribution in [0.5, 0.6) is 0 Å². The summed E-state index contributed by atoms with van der Waals surface area (Å²) in [6, 6.07) is 6.60. The summed E-state index contributed by atoms with van der Waals surface area (Å²) in [7, 11) is 1.75. The van der Waals surface area contributed by atoms with Crippen molar-refractivity contribution >= 4 is 23.1 Å². The first kappa shape index (κ1) is 14.2. The molecule has 0 amide bonds. The lowest BCUT2D eigenvalue weighted by molar-refractivity contribution is -0.384. The fraction of sp³-hybridized carbons (Fsp3) is 0.231. The van der Waals surface area contributed by atoms with E-state index in [0.29, 0.717) is 17.5 Å². The van der Waals surface area contributed by atoms with Crippen LogP contribution in [0.2, 0.25) is 5.15 Å². The van der Waals surface area contributed by atoms with E-state index >= 15 is 0 Å². The lowest BCUT2D eigenvalue weighted by atomic mass is 10.2. The zero-order valence-electron chi connectivity index (χ0n) is 11.1. The van der Waals surface area contributed by atoms with E-state index in [1.807, 2.05) is 6.07 Å². The van der Waals surface area contributed by atoms with Crippen LogP contribution in [0.4, 0.5) is 11.5 Å². The Morgan fingerprint density at radius 2 is 2.10 bits per heavy atom. The van der Waals surface area contributed by atoms with Crippen molar-refractivity contribution < 1.29 is 4.92 Å². The molecule has 2 aromatic rings. The Hall–Kier alpha value is -2.21. The largest absolute Gasteiger partial charge is 0.350 e. The molecule has 0 fully saturated rings. The molecule has 0 aliphatic carbocycles. The Morgan fingerprint density at radius 3 is 2.70 bits per heavy atom. The summed E-state index contributed by atoms with van der Waals surface area (Å²) in [6.07, 6.45) is 1.64. The molecule has 6 nitrogen and oxygen atoms in total. The third kappa shape index (κ3) is 3.21. The fourth-order valence-electron chi connectivity index (χ4n) is 1.81. The zero-order valence-corrected chi connectivity index (χ0v) is 11.8. The van der Waals surface area contributed by atoms with Gasteiger partial charge in [-0.1, -0.05) is 17.7 Å². The summed E-state index contributed by atoms with van der Waals surface area (Å²) in [5, 5.41) is 11.5. The second-order valence-electron chi connectivity index (χ2n) is 4.40. The predicted octanol–water partition coefficient (Wildman–Crippen LogP) is 2.98. The van der Waals surface area contributed by atoms with Gasteiger partial charge in [-0.25, -0.2) is 9.97 Å². The number of nitro groups is 1. The van der Waals surface area contributed by atoms with Crippen LogP contribution in [0.3, 0.4) is 0 Å². The van der Waals surface area contributed by atoms with E-state index in [0.717, 1.165) is 11.3 Å². The van der Waals surface area contributed by atoms with Crippen LogP contribution in [0, 0.1) is 17.0 Å². The predicted molar refractivity (Wildman–Crippen MR) is 77.0 cm³/mol. The van der Waals surface area contributed by atoms with Crippen LogP contribution in [-0.4, -0.2) is 21.9 Å². The van der Waals surface area contributed by atoms with Gasteiger partial charge in [0.1, 0.15) is 5.15 Å². The minimum absolute atomic E-state index is 0.0139. The Morgan fingerprint density at radius 1 is 1.35 bits per heavy atom. The smallest absolute Gasteiger partial charge is 0.311 e. The third-order valence-electron chi connectivity index (χ3n) is 2.76. The lowest BCUT2D eigenvalue weighted by Gasteiger charge is -2.18. The maximum Gasteiger partial charge on any atom is 0.311 e. The van der Waals surface area contributed by atoms with E-state index in [4.69, 9.17) is 11.6 Å². The highest BCUT2D eigenvalue weighted by molar-refractivity contribution is 6.29. The van der Waals surface area contributed by atoms with Crippen LogP contribution in [0.25, 0.3) is 0 Å². The van der Waals surface area contributed by atoms with E-state index in [9.17, 15) is 10.1 Å². The van der Waals surface area contributed by atoms with Crippen molar-refractivity contribution in [3.8, 4) is 0 Å². The number of nitrogens with zero attached hydrogens (tertiary/aromatic N) is 4. The molecule has 0 spiro atoms. The normalized spacial score (nSPS) is 10.3. The minimum Gasteiger partial charge on any atom is -0.350 e. The number of aromatic nitrogens is 2. The van der Waals surface area contributed by atoms with Gasteiger partial charge in [-0.05, 0) is 24.6 Å². The summed E-state index contributed by atoms with van der Waals surface area (Å²) < 4.78 is 0. The van der Waals surface area contributed by atoms with Crippen LogP contribution in [-0.2, 0) is 6.54 Å². The monoisotopic (exact) mass is 292 g/mol. The topological polar surface area (TPSA) is 72.2 Å². The highest BCUT2D eigenvalue weighted by Crippen LogP contribution is 2.26. The molecular formula is C13H13ClN4O2. The van der Waals surface area contributed by atoms with Crippen LogP contribution in [0.1, 0.15) is 11.3 Å². The Labute approximate surface area is 121 Å². The molecule has 2 aromatic heterocycles. The number of aryl methyl sites for hydroxylation is 1. The second kappa shape index (κ2) is 5.83. The first-order chi connectivity index (χ1) is 9.47. The molecule has 0 atom stereocenters. The van der Waals surface area contributed by atoms with Crippen molar-refractivity contribution in [3.05, 3.63) is 57.0 Å². The van der Waals surface area contributed by atoms with E-state index in [2.05, 4.69) is 9.97 Å². The molecule has 0 saturated heterocycles. The molecule has 0 saturated carbocycles. The Kier molecular flexibility index (Phi) is 4.14. The Bertz CT molecular complexity index is 631. The minimum atomic E-state index is -0.432. The van der Waals surface area contributed by atoms with Crippen molar-refractivity contribution in [1.82, 2.24) is 9.97 Å². The molecule has 0 radical (unpaired) electrons. The van der Waals surface area contributed by atoms with Gasteiger partial charge in [0.2, 0.25) is 5.82 Å². The van der Waals surface area contributed by atoms with Crippen molar-refractivity contribution in [2.75, 3.05) is 11.9 Å². The van der Waals surface area contributed by atoms with Gasteiger partial charge in [0.05, 0.1) is 4.92 Å². The van der Waals surface area contributed by atoms with E-state index < -0.39 is 4.92 Å². The van der Waals surface area contributed by atoms with Gasteiger partial charge in [-0.15, -0.1) is 0 Å². The lowest BCUT2D eigenvalue weighted by Crippen LogP contribution is -2.19. The van der Waals surface area contributed by atoms with E-state index in [-0.39, 0.29) is 5.69 Å². The summed E-state index contributed by atoms with van der Waals surface area (Å²) >= 11 is 5.73. The summed E-state index contributed by atoms with van der Waals surface area (Å²) in [4.78, 5) is 20.6. The van der Waals surface area contributed by atoms with Gasteiger partial charge in [0.25, 0.3) is 0 Å². The SMILES string of the molecule is Cc1ccc([N+](=O)[O-])c(N(C)Cc2ccc(Cl)nc2)n1. The molecule has 20 heavy (non-hydrogen) atoms. The second-order valence-corrected chi connectivity index (χ2v) is 4.78. The first-order valence-electron chi connectivity index (χ1n) is 5.91. The number of anilines is 1. The number of hydrogen-bond donors (Lipinski definition) is 0. The van der Waals surface area contributed by atoms with Crippen molar-refractivity contribution in [2.45, 2.75) is 13.5 Å². The molecule has 2 heterocycles. The van der Waals surface area contributed by atoms with Crippen LogP contribution < -0.4 is 4.90 Å². The number of pyridine rings is 2. The maximum absolute atomic E-state index is 11.0. The van der Waals surface area contributed by atoms with Crippen molar-refractivity contribution in [2.24, 2.45) is 0 Å². The van der Waals surface area contributed by atoms with Crippen LogP contribution >= 0.6 is 11.6 Å². The van der Waals surface area contributed by atoms with Gasteiger partial charge in [0.15, 0.2) is 0 Å². The number of rotatable bonds is 4. The van der Waals surface area contributed by atoms with Gasteiger partial charge >= 0.3 is 5.69 Å². The summed E-state index contributed by atoms with van der Waals surface area (Å²) in [5.41, 5.74) is 1.61. The van der Waals surface area contributed by atoms with Gasteiger partial charge in [-0.2, -0.15) is 0 Å². The van der Waals surface area contributed by atoms with Crippen LogP contribution in [0.15, 0.2) is 30.5 Å². The summed E-state index contributed by atoms with van der Waals surface area (Å²) in [5.74, 6) is 0.338. The number of halogens is 1. The molecule has 0 aromatic carbocycles. The molecule has 0 aliphatic rings. The maximum atomic E-state index is 11.0. The summed E-state index contributed by atoms with van der Waals surface area (Å²) in [6.45, 7) is 2.26. The first-order valence-corrected chi connectivity index (χ1v) is 6.29. The highest BCUT2D eigenvalue weighted by Gasteiger charge is 2.19. The van der Waals surface area contributed by atoms with Gasteiger partial charge < -0.3 is 4.90 Å². The molecule has 104 valence electrons. The van der Waals surface area contributed by atoms with Crippen molar-refractivity contribution in [3.63, 3.8) is 0 Å². The molecule has 0 bridgehead atoms. The van der Waals surface area contributed by atoms with E-state index in [1.54, 1.807) is 37.2 Å². The molecule has 0 unspecified atom stereocenters. The standard InChI is InChI=1S/C13H13ClN4O2/c1-9-3-5-11(18(19)20)13(16-9)17(2)8-10-4-6-12(14)15-7-10/h3-7H,8H2,1-2H3. The molecule has 0 N–H and O–H groups in total. The number of hydrogen-bond acceptors (Lipinski definition) is 5. The quantitative estimate of drug-likeness (QED) is 0.492. The van der Waals surface area contributed by atoms with Gasteiger partial charge in [-0.3, -0.25) is 10.1 Å². The van der Waals surface area contributed by atoms with Crippen molar-refractivity contribution in [1.29, 1.82) is 0 Å². The average Bonchev–Trinajstić information content (AvgIpc) is 2.41. The fourth-order valence-corrected chi connectivity index (χ4v) is 1.92. The highest BCUT2D eigenvalue weighted by atomic mass is 35.5. The zero-order chi connectivity index (χ0) is 14.7. The van der Waals surface area contributed by atoms with E-state index in [1.165, 1.54) is 6.07 Å². The Balaban J connectivity index is 2.28. The molecular weight excluding hydrogens is 280 g/mol. The molecule has 2 rings (SSSR count). The van der Waals surface area contributed by atoms with Gasteiger partial charge in [0, 0.05) is 31.5 Å². The molecule has 0 aliphatic heterocycles. The molecule has 7 heteroatoms. The average molecular weight is 293 g/mol.